The summed E-state index contributed by atoms with van der Waals surface area (Å²) in [6.45, 7) is 0. The van der Waals surface area contributed by atoms with Gasteiger partial charge in [-0.25, -0.2) is 4.98 Å². The summed E-state index contributed by atoms with van der Waals surface area (Å²) >= 11 is 0. The molecule has 1 aromatic rings. The first-order valence-electron chi connectivity index (χ1n) is 5.38. The zero-order valence-electron chi connectivity index (χ0n) is 9.05. The van der Waals surface area contributed by atoms with Crippen LogP contribution in [0.3, 0.4) is 0 Å². The Hall–Kier alpha value is -2.42. The average Bonchev–Trinajstić information content (AvgIpc) is 2.41. The molecular weight excluding hydrogens is 212 g/mol. The van der Waals surface area contributed by atoms with Gasteiger partial charge in [0.25, 0.3) is 5.56 Å². The predicted molar refractivity (Wildman–Crippen MR) is 66.9 cm³/mol. The Labute approximate surface area is 98.1 Å². The Kier molecular flexibility index (Phi) is 2.22. The second-order valence-corrected chi connectivity index (χ2v) is 3.80. The number of hydrogen-bond donors (Lipinski definition) is 1. The van der Waals surface area contributed by atoms with E-state index in [2.05, 4.69) is 9.97 Å². The Balaban J connectivity index is 2.33. The minimum atomic E-state index is -0.198. The van der Waals surface area contributed by atoms with E-state index >= 15 is 0 Å². The van der Waals surface area contributed by atoms with Gasteiger partial charge >= 0.3 is 0 Å². The minimum Gasteiger partial charge on any atom is -0.360 e. The molecule has 82 valence electrons. The van der Waals surface area contributed by atoms with Crippen LogP contribution in [0.15, 0.2) is 59.7 Å². The first kappa shape index (κ1) is 9.78. The fraction of sp³-hybridized carbons (Fsp3) is 0. The molecule has 17 heavy (non-hydrogen) atoms. The lowest BCUT2D eigenvalue weighted by atomic mass is 10.0. The van der Waals surface area contributed by atoms with Crippen LogP contribution in [0.1, 0.15) is 0 Å². The summed E-state index contributed by atoms with van der Waals surface area (Å²) in [6.07, 6.45) is 3.44. The van der Waals surface area contributed by atoms with Crippen LogP contribution < -0.4 is 5.56 Å². The van der Waals surface area contributed by atoms with E-state index in [1.807, 2.05) is 36.5 Å². The van der Waals surface area contributed by atoms with E-state index < -0.39 is 0 Å². The van der Waals surface area contributed by atoms with Crippen LogP contribution >= 0.6 is 0 Å². The van der Waals surface area contributed by atoms with Gasteiger partial charge in [0.2, 0.25) is 0 Å². The molecule has 0 amide bonds. The molecule has 0 saturated heterocycles. The molecule has 2 heterocycles. The quantitative estimate of drug-likeness (QED) is 0.687. The number of H-pyrrole nitrogens is 1. The maximum atomic E-state index is 11.6. The highest BCUT2D eigenvalue weighted by atomic mass is 16.1. The van der Waals surface area contributed by atoms with Gasteiger partial charge in [-0.15, -0.1) is 0 Å². The van der Waals surface area contributed by atoms with Gasteiger partial charge in [-0.05, 0) is 17.7 Å². The molecule has 3 nitrogen and oxygen atoms in total. The second kappa shape index (κ2) is 3.87. The van der Waals surface area contributed by atoms with Crippen molar-refractivity contribution < 1.29 is 0 Å². The lowest BCUT2D eigenvalue weighted by Gasteiger charge is -2.09. The summed E-state index contributed by atoms with van der Waals surface area (Å²) in [6, 6.07) is 13.5. The predicted octanol–water partition coefficient (Wildman–Crippen LogP) is 2.54. The molecule has 1 N–H and O–H groups in total. The van der Waals surface area contributed by atoms with Crippen LogP contribution in [-0.4, -0.2) is 9.97 Å². The number of fused-ring (bicyclic) bond motifs is 1. The molecule has 0 unspecified atom stereocenters. The van der Waals surface area contributed by atoms with Crippen LogP contribution in [0.4, 0.5) is 0 Å². The number of aromatic nitrogens is 2. The third kappa shape index (κ3) is 1.61. The van der Waals surface area contributed by atoms with Gasteiger partial charge in [0.05, 0.1) is 11.3 Å². The average molecular weight is 222 g/mol. The molecule has 2 aliphatic heterocycles. The van der Waals surface area contributed by atoms with E-state index in [0.29, 0.717) is 5.56 Å². The highest BCUT2D eigenvalue weighted by molar-refractivity contribution is 5.80. The van der Waals surface area contributed by atoms with Crippen LogP contribution in [0, 0.1) is 0 Å². The lowest BCUT2D eigenvalue weighted by molar-refractivity contribution is 1.19. The van der Waals surface area contributed by atoms with Crippen molar-refractivity contribution in [1.29, 1.82) is 0 Å². The van der Waals surface area contributed by atoms with E-state index in [1.165, 1.54) is 0 Å². The molecule has 0 aromatic heterocycles. The fourth-order valence-corrected chi connectivity index (χ4v) is 1.93. The van der Waals surface area contributed by atoms with Crippen molar-refractivity contribution >= 4 is 0 Å². The summed E-state index contributed by atoms with van der Waals surface area (Å²) in [5.41, 5.74) is 3.25. The smallest absolute Gasteiger partial charge is 0.279 e. The van der Waals surface area contributed by atoms with Crippen molar-refractivity contribution in [3.63, 3.8) is 0 Å². The molecule has 1 aromatic carbocycles. The maximum Gasteiger partial charge on any atom is 0.279 e. The molecule has 0 fully saturated rings. The number of rotatable bonds is 1. The molecule has 0 radical (unpaired) electrons. The number of aromatic amines is 1. The SMILES string of the molecule is O=c1ncc(-c2ccccc2)c2[nH]cccc1-2. The van der Waals surface area contributed by atoms with Crippen LogP contribution in [0.25, 0.3) is 22.4 Å². The van der Waals surface area contributed by atoms with E-state index in [4.69, 9.17) is 0 Å². The normalized spacial score (nSPS) is 10.6. The first-order chi connectivity index (χ1) is 8.36. The Morgan fingerprint density at radius 1 is 0.941 bits per heavy atom. The highest BCUT2D eigenvalue weighted by Crippen LogP contribution is 2.27. The first-order valence-corrected chi connectivity index (χ1v) is 5.38. The van der Waals surface area contributed by atoms with Gasteiger partial charge in [-0.2, -0.15) is 0 Å². The summed E-state index contributed by atoms with van der Waals surface area (Å²) in [7, 11) is 0. The number of pyridine rings is 2. The molecule has 0 atom stereocenters. The second-order valence-electron chi connectivity index (χ2n) is 3.80. The zero-order valence-corrected chi connectivity index (χ0v) is 9.05. The van der Waals surface area contributed by atoms with Gasteiger partial charge in [-0.1, -0.05) is 30.3 Å². The zero-order chi connectivity index (χ0) is 11.7. The molecule has 0 aliphatic carbocycles. The summed E-state index contributed by atoms with van der Waals surface area (Å²) in [4.78, 5) is 18.7. The molecule has 0 bridgehead atoms. The van der Waals surface area contributed by atoms with Crippen LogP contribution in [0.2, 0.25) is 0 Å². The van der Waals surface area contributed by atoms with Crippen molar-refractivity contribution in [3.8, 4) is 22.4 Å². The number of benzene rings is 1. The van der Waals surface area contributed by atoms with Crippen molar-refractivity contribution in [2.24, 2.45) is 0 Å². The van der Waals surface area contributed by atoms with E-state index in [9.17, 15) is 4.79 Å². The van der Waals surface area contributed by atoms with Crippen molar-refractivity contribution in [3.05, 3.63) is 65.2 Å². The van der Waals surface area contributed by atoms with Crippen LogP contribution in [-0.2, 0) is 0 Å². The minimum absolute atomic E-state index is 0.198. The topological polar surface area (TPSA) is 45.8 Å². The van der Waals surface area contributed by atoms with Gasteiger partial charge < -0.3 is 4.98 Å². The molecule has 3 rings (SSSR count). The maximum absolute atomic E-state index is 11.6. The van der Waals surface area contributed by atoms with Crippen LogP contribution in [0.5, 0.6) is 0 Å². The highest BCUT2D eigenvalue weighted by Gasteiger charge is 2.12. The van der Waals surface area contributed by atoms with Gasteiger partial charge in [0, 0.05) is 18.0 Å². The number of hydrogen-bond acceptors (Lipinski definition) is 2. The Morgan fingerprint density at radius 3 is 2.59 bits per heavy atom. The largest absolute Gasteiger partial charge is 0.360 e. The molecule has 3 heteroatoms. The fourth-order valence-electron chi connectivity index (χ4n) is 1.93. The van der Waals surface area contributed by atoms with E-state index in [0.717, 1.165) is 16.8 Å². The third-order valence-electron chi connectivity index (χ3n) is 2.75. The van der Waals surface area contributed by atoms with Gasteiger partial charge in [-0.3, -0.25) is 4.79 Å². The lowest BCUT2D eigenvalue weighted by Crippen LogP contribution is -2.11. The van der Waals surface area contributed by atoms with Gasteiger partial charge in [0.1, 0.15) is 0 Å². The van der Waals surface area contributed by atoms with Gasteiger partial charge in [0.15, 0.2) is 0 Å². The number of nitrogens with zero attached hydrogens (tertiary/aromatic N) is 1. The monoisotopic (exact) mass is 222 g/mol. The molecule has 0 spiro atoms. The van der Waals surface area contributed by atoms with E-state index in [1.54, 1.807) is 18.3 Å². The standard InChI is InChI=1S/C14H10N2O/c17-14-11-7-4-8-15-13(11)12(9-16-14)10-5-2-1-3-6-10/h1-9,15H. The molecule has 2 aliphatic rings. The summed E-state index contributed by atoms with van der Waals surface area (Å²) in [5.74, 6) is 0. The van der Waals surface area contributed by atoms with Crippen molar-refractivity contribution in [2.75, 3.05) is 0 Å². The molecule has 0 saturated carbocycles. The van der Waals surface area contributed by atoms with E-state index in [-0.39, 0.29) is 5.56 Å². The summed E-state index contributed by atoms with van der Waals surface area (Å²) < 4.78 is 0. The summed E-state index contributed by atoms with van der Waals surface area (Å²) in [5, 5.41) is 0. The Morgan fingerprint density at radius 2 is 1.76 bits per heavy atom. The molecular formula is C14H10N2O. The van der Waals surface area contributed by atoms with Crippen molar-refractivity contribution in [2.45, 2.75) is 0 Å². The third-order valence-corrected chi connectivity index (χ3v) is 2.75. The number of nitrogens with one attached hydrogen (secondary N) is 1. The Bertz CT molecular complexity index is 673. The van der Waals surface area contributed by atoms with Crippen molar-refractivity contribution in [1.82, 2.24) is 9.97 Å².